The Kier molecular flexibility index (Phi) is 3.67. The van der Waals surface area contributed by atoms with Crippen LogP contribution in [0.5, 0.6) is 0 Å². The molecule has 118 valence electrons. The first-order valence-electron chi connectivity index (χ1n) is 7.83. The predicted octanol–water partition coefficient (Wildman–Crippen LogP) is 3.70. The first kappa shape index (κ1) is 14.4. The SMILES string of the molecule is Cn1c(CN(c2ccccn2)c2ccccn2)nc2ccccc21. The summed E-state index contributed by atoms with van der Waals surface area (Å²) < 4.78 is 2.12. The molecule has 0 saturated carbocycles. The molecule has 0 saturated heterocycles. The molecule has 3 aromatic heterocycles. The topological polar surface area (TPSA) is 46.8 Å². The third-order valence-electron chi connectivity index (χ3n) is 4.03. The second-order valence-corrected chi connectivity index (χ2v) is 5.54. The van der Waals surface area contributed by atoms with Crippen molar-refractivity contribution in [1.82, 2.24) is 19.5 Å². The molecule has 5 nitrogen and oxygen atoms in total. The summed E-state index contributed by atoms with van der Waals surface area (Å²) in [4.78, 5) is 15.8. The molecule has 4 aromatic rings. The molecular formula is C19H17N5. The molecule has 0 unspecified atom stereocenters. The van der Waals surface area contributed by atoms with E-state index in [0.717, 1.165) is 28.5 Å². The van der Waals surface area contributed by atoms with Crippen molar-refractivity contribution in [2.45, 2.75) is 6.54 Å². The number of benzene rings is 1. The van der Waals surface area contributed by atoms with Crippen molar-refractivity contribution < 1.29 is 0 Å². The van der Waals surface area contributed by atoms with Gasteiger partial charge in [0.15, 0.2) is 0 Å². The van der Waals surface area contributed by atoms with Crippen molar-refractivity contribution in [3.8, 4) is 0 Å². The molecule has 5 heteroatoms. The summed E-state index contributed by atoms with van der Waals surface area (Å²) in [6.07, 6.45) is 3.58. The molecule has 0 spiro atoms. The van der Waals surface area contributed by atoms with E-state index in [9.17, 15) is 0 Å². The highest BCUT2D eigenvalue weighted by molar-refractivity contribution is 5.76. The van der Waals surface area contributed by atoms with Gasteiger partial charge in [-0.1, -0.05) is 24.3 Å². The van der Waals surface area contributed by atoms with E-state index in [-0.39, 0.29) is 0 Å². The van der Waals surface area contributed by atoms with E-state index in [2.05, 4.69) is 25.5 Å². The Labute approximate surface area is 140 Å². The summed E-state index contributed by atoms with van der Waals surface area (Å²) in [7, 11) is 2.04. The highest BCUT2D eigenvalue weighted by atomic mass is 15.3. The van der Waals surface area contributed by atoms with E-state index in [4.69, 9.17) is 4.98 Å². The number of nitrogens with zero attached hydrogens (tertiary/aromatic N) is 5. The summed E-state index contributed by atoms with van der Waals surface area (Å²) >= 11 is 0. The Morgan fingerprint density at radius 3 is 2.04 bits per heavy atom. The molecule has 1 aromatic carbocycles. The number of hydrogen-bond donors (Lipinski definition) is 0. The van der Waals surface area contributed by atoms with Gasteiger partial charge in [0, 0.05) is 19.4 Å². The molecule has 0 amide bonds. The van der Waals surface area contributed by atoms with Crippen molar-refractivity contribution in [2.75, 3.05) is 4.90 Å². The van der Waals surface area contributed by atoms with E-state index >= 15 is 0 Å². The smallest absolute Gasteiger partial charge is 0.134 e. The van der Waals surface area contributed by atoms with Crippen LogP contribution in [0.15, 0.2) is 73.1 Å². The van der Waals surface area contributed by atoms with Crippen LogP contribution in [-0.2, 0) is 13.6 Å². The van der Waals surface area contributed by atoms with Gasteiger partial charge in [0.2, 0.25) is 0 Å². The summed E-state index contributed by atoms with van der Waals surface area (Å²) in [5, 5.41) is 0. The fourth-order valence-corrected chi connectivity index (χ4v) is 2.78. The minimum atomic E-state index is 0.596. The summed E-state index contributed by atoms with van der Waals surface area (Å²) in [6.45, 7) is 0.596. The fourth-order valence-electron chi connectivity index (χ4n) is 2.78. The standard InChI is InChI=1S/C19H17N5/c1-23-16-9-3-2-8-15(16)22-19(23)14-24(17-10-4-6-12-20-17)18-11-5-7-13-21-18/h2-13H,14H2,1H3. The lowest BCUT2D eigenvalue weighted by atomic mass is 10.3. The van der Waals surface area contributed by atoms with Gasteiger partial charge in [-0.15, -0.1) is 0 Å². The van der Waals surface area contributed by atoms with Crippen LogP contribution in [-0.4, -0.2) is 19.5 Å². The minimum absolute atomic E-state index is 0.596. The number of anilines is 2. The number of rotatable bonds is 4. The quantitative estimate of drug-likeness (QED) is 0.576. The third-order valence-corrected chi connectivity index (χ3v) is 4.03. The van der Waals surface area contributed by atoms with Gasteiger partial charge in [0.05, 0.1) is 17.6 Å². The molecule has 0 aliphatic rings. The molecule has 3 heterocycles. The summed E-state index contributed by atoms with van der Waals surface area (Å²) in [5.74, 6) is 2.67. The van der Waals surface area contributed by atoms with Crippen LogP contribution in [0.3, 0.4) is 0 Å². The van der Waals surface area contributed by atoms with E-state index < -0.39 is 0 Å². The molecule has 24 heavy (non-hydrogen) atoms. The van der Waals surface area contributed by atoms with Gasteiger partial charge in [0.1, 0.15) is 17.5 Å². The molecule has 0 N–H and O–H groups in total. The van der Waals surface area contributed by atoms with E-state index in [1.54, 1.807) is 12.4 Å². The molecular weight excluding hydrogens is 298 g/mol. The monoisotopic (exact) mass is 315 g/mol. The van der Waals surface area contributed by atoms with Crippen molar-refractivity contribution in [1.29, 1.82) is 0 Å². The minimum Gasteiger partial charge on any atom is -0.330 e. The number of aromatic nitrogens is 4. The first-order valence-corrected chi connectivity index (χ1v) is 7.83. The Bertz CT molecular complexity index is 908. The lowest BCUT2D eigenvalue weighted by Crippen LogP contribution is -2.20. The van der Waals surface area contributed by atoms with E-state index in [1.807, 2.05) is 61.6 Å². The molecule has 0 aliphatic carbocycles. The van der Waals surface area contributed by atoms with Crippen LogP contribution in [0.25, 0.3) is 11.0 Å². The second kappa shape index (κ2) is 6.12. The largest absolute Gasteiger partial charge is 0.330 e. The first-order chi connectivity index (χ1) is 11.8. The van der Waals surface area contributed by atoms with Crippen LogP contribution in [0.2, 0.25) is 0 Å². The number of aryl methyl sites for hydroxylation is 1. The molecule has 0 fully saturated rings. The zero-order valence-corrected chi connectivity index (χ0v) is 13.4. The maximum Gasteiger partial charge on any atom is 0.134 e. The third kappa shape index (κ3) is 2.60. The van der Waals surface area contributed by atoms with Crippen LogP contribution in [0.4, 0.5) is 11.6 Å². The Balaban J connectivity index is 1.78. The summed E-state index contributed by atoms with van der Waals surface area (Å²) in [5.41, 5.74) is 2.12. The normalized spacial score (nSPS) is 10.9. The van der Waals surface area contributed by atoms with E-state index in [1.165, 1.54) is 0 Å². The lowest BCUT2D eigenvalue weighted by Gasteiger charge is -2.22. The lowest BCUT2D eigenvalue weighted by molar-refractivity contribution is 0.781. The molecule has 0 aliphatic heterocycles. The van der Waals surface area contributed by atoms with Gasteiger partial charge in [-0.2, -0.15) is 0 Å². The predicted molar refractivity (Wildman–Crippen MR) is 95.0 cm³/mol. The van der Waals surface area contributed by atoms with Gasteiger partial charge >= 0.3 is 0 Å². The second-order valence-electron chi connectivity index (χ2n) is 5.54. The molecule has 0 radical (unpaired) electrons. The zero-order chi connectivity index (χ0) is 16.4. The molecule has 0 atom stereocenters. The Hall–Kier alpha value is -3.21. The number of fused-ring (bicyclic) bond motifs is 1. The van der Waals surface area contributed by atoms with Gasteiger partial charge < -0.3 is 9.47 Å². The molecule has 4 rings (SSSR count). The van der Waals surface area contributed by atoms with Crippen LogP contribution in [0.1, 0.15) is 5.82 Å². The number of para-hydroxylation sites is 2. The van der Waals surface area contributed by atoms with Crippen LogP contribution >= 0.6 is 0 Å². The zero-order valence-electron chi connectivity index (χ0n) is 13.4. The van der Waals surface area contributed by atoms with Crippen molar-refractivity contribution >= 4 is 22.7 Å². The van der Waals surface area contributed by atoms with Gasteiger partial charge in [-0.25, -0.2) is 15.0 Å². The van der Waals surface area contributed by atoms with Gasteiger partial charge in [-0.3, -0.25) is 0 Å². The van der Waals surface area contributed by atoms with E-state index in [0.29, 0.717) is 6.54 Å². The maximum absolute atomic E-state index is 4.77. The average Bonchev–Trinajstić information content (AvgIpc) is 2.97. The maximum atomic E-state index is 4.77. The number of hydrogen-bond acceptors (Lipinski definition) is 4. The summed E-state index contributed by atoms with van der Waals surface area (Å²) in [6, 6.07) is 19.9. The molecule has 0 bridgehead atoms. The van der Waals surface area contributed by atoms with Crippen molar-refractivity contribution in [3.05, 3.63) is 78.9 Å². The highest BCUT2D eigenvalue weighted by Crippen LogP contribution is 2.24. The number of imidazole rings is 1. The Morgan fingerprint density at radius 2 is 1.46 bits per heavy atom. The van der Waals surface area contributed by atoms with Crippen molar-refractivity contribution in [3.63, 3.8) is 0 Å². The highest BCUT2D eigenvalue weighted by Gasteiger charge is 2.16. The average molecular weight is 315 g/mol. The van der Waals surface area contributed by atoms with Crippen molar-refractivity contribution in [2.24, 2.45) is 7.05 Å². The number of pyridine rings is 2. The fraction of sp³-hybridized carbons (Fsp3) is 0.105. The van der Waals surface area contributed by atoms with Crippen LogP contribution in [0, 0.1) is 0 Å². The van der Waals surface area contributed by atoms with Gasteiger partial charge in [0.25, 0.3) is 0 Å². The van der Waals surface area contributed by atoms with Gasteiger partial charge in [-0.05, 0) is 36.4 Å². The Morgan fingerprint density at radius 1 is 0.833 bits per heavy atom. The van der Waals surface area contributed by atoms with Crippen LogP contribution < -0.4 is 4.90 Å².